The molecule has 1 aliphatic rings. The Hall–Kier alpha value is -2.30. The van der Waals surface area contributed by atoms with E-state index in [-0.39, 0.29) is 17.9 Å². The summed E-state index contributed by atoms with van der Waals surface area (Å²) in [6.07, 6.45) is 3.49. The largest absolute Gasteiger partial charge is 0.492 e. The minimum absolute atomic E-state index is 0.0151. The van der Waals surface area contributed by atoms with Crippen LogP contribution in [-0.2, 0) is 4.79 Å². The molecule has 0 fully saturated rings. The minimum atomic E-state index is -0.231. The van der Waals surface area contributed by atoms with Gasteiger partial charge in [0, 0.05) is 17.3 Å². The smallest absolute Gasteiger partial charge is 0.231 e. The number of H-pyrrole nitrogens is 1. The Kier molecular flexibility index (Phi) is 2.95. The molecule has 0 saturated carbocycles. The van der Waals surface area contributed by atoms with Gasteiger partial charge in [-0.3, -0.25) is 9.89 Å². The van der Waals surface area contributed by atoms with Crippen molar-refractivity contribution in [3.8, 4) is 5.75 Å². The molecule has 2 atom stereocenters. The van der Waals surface area contributed by atoms with Gasteiger partial charge in [0.25, 0.3) is 0 Å². The summed E-state index contributed by atoms with van der Waals surface area (Å²) < 4.78 is 5.53. The van der Waals surface area contributed by atoms with E-state index in [0.29, 0.717) is 6.61 Å². The maximum atomic E-state index is 12.3. The number of hydrogen-bond donors (Lipinski definition) is 2. The van der Waals surface area contributed by atoms with Gasteiger partial charge in [-0.25, -0.2) is 0 Å². The first-order chi connectivity index (χ1) is 9.25. The van der Waals surface area contributed by atoms with Crippen LogP contribution < -0.4 is 10.1 Å². The maximum absolute atomic E-state index is 12.3. The Morgan fingerprint density at radius 2 is 2.37 bits per heavy atom. The first-order valence-electron chi connectivity index (χ1n) is 6.26. The van der Waals surface area contributed by atoms with Crippen molar-refractivity contribution in [3.63, 3.8) is 0 Å². The number of ether oxygens (including phenoxy) is 1. The lowest BCUT2D eigenvalue weighted by Gasteiger charge is -2.15. The van der Waals surface area contributed by atoms with Gasteiger partial charge in [0.05, 0.1) is 12.2 Å². The highest BCUT2D eigenvalue weighted by Crippen LogP contribution is 2.33. The van der Waals surface area contributed by atoms with Crippen LogP contribution >= 0.6 is 0 Å². The Morgan fingerprint density at radius 1 is 1.53 bits per heavy atom. The second-order valence-electron chi connectivity index (χ2n) is 4.66. The third-order valence-electron chi connectivity index (χ3n) is 3.39. The summed E-state index contributed by atoms with van der Waals surface area (Å²) in [5.41, 5.74) is 1.92. The number of nitrogens with one attached hydrogen (secondary N) is 2. The number of amides is 1. The molecule has 3 rings (SSSR count). The van der Waals surface area contributed by atoms with Gasteiger partial charge in [-0.15, -0.1) is 0 Å². The molecule has 0 saturated heterocycles. The van der Waals surface area contributed by atoms with Crippen LogP contribution in [0.1, 0.15) is 30.0 Å². The number of benzene rings is 1. The number of rotatable bonds is 3. The molecule has 5 nitrogen and oxygen atoms in total. The van der Waals surface area contributed by atoms with Gasteiger partial charge in [-0.1, -0.05) is 18.2 Å². The first-order valence-corrected chi connectivity index (χ1v) is 6.26. The predicted octanol–water partition coefficient (Wildman–Crippen LogP) is 1.76. The fourth-order valence-electron chi connectivity index (χ4n) is 2.27. The third kappa shape index (κ3) is 2.19. The fraction of sp³-hybridized carbons (Fsp3) is 0.286. The SMILES string of the molecule is CC(NC(=O)C1COc2ccccc21)c1cn[nH]c1. The Labute approximate surface area is 111 Å². The van der Waals surface area contributed by atoms with E-state index in [9.17, 15) is 4.79 Å². The Balaban J connectivity index is 1.72. The predicted molar refractivity (Wildman–Crippen MR) is 69.8 cm³/mol. The molecule has 0 radical (unpaired) electrons. The zero-order valence-corrected chi connectivity index (χ0v) is 10.6. The maximum Gasteiger partial charge on any atom is 0.231 e. The quantitative estimate of drug-likeness (QED) is 0.880. The van der Waals surface area contributed by atoms with Crippen LogP contribution in [0, 0.1) is 0 Å². The molecular formula is C14H15N3O2. The molecule has 0 bridgehead atoms. The van der Waals surface area contributed by atoms with E-state index in [1.165, 1.54) is 0 Å². The zero-order valence-electron chi connectivity index (χ0n) is 10.6. The van der Waals surface area contributed by atoms with Gasteiger partial charge in [0.2, 0.25) is 5.91 Å². The van der Waals surface area contributed by atoms with Gasteiger partial charge in [-0.05, 0) is 13.0 Å². The lowest BCUT2D eigenvalue weighted by molar-refractivity contribution is -0.123. The van der Waals surface area contributed by atoms with E-state index in [0.717, 1.165) is 16.9 Å². The summed E-state index contributed by atoms with van der Waals surface area (Å²) >= 11 is 0. The number of aromatic amines is 1. The van der Waals surface area contributed by atoms with Crippen LogP contribution in [0.5, 0.6) is 5.75 Å². The van der Waals surface area contributed by atoms with E-state index < -0.39 is 0 Å². The highest BCUT2D eigenvalue weighted by Gasteiger charge is 2.30. The van der Waals surface area contributed by atoms with Gasteiger partial charge >= 0.3 is 0 Å². The van der Waals surface area contributed by atoms with Crippen molar-refractivity contribution >= 4 is 5.91 Å². The minimum Gasteiger partial charge on any atom is -0.492 e. The standard InChI is InChI=1S/C14H15N3O2/c1-9(10-6-15-16-7-10)17-14(18)12-8-19-13-5-3-2-4-11(12)13/h2-7,9,12H,8H2,1H3,(H,15,16)(H,17,18). The molecule has 0 aliphatic carbocycles. The molecule has 0 spiro atoms. The van der Waals surface area contributed by atoms with Gasteiger partial charge in [-0.2, -0.15) is 5.10 Å². The number of carbonyl (C=O) groups is 1. The molecule has 2 heterocycles. The number of fused-ring (bicyclic) bond motifs is 1. The summed E-state index contributed by atoms with van der Waals surface area (Å²) in [5, 5.41) is 9.61. The lowest BCUT2D eigenvalue weighted by Crippen LogP contribution is -2.32. The number of nitrogens with zero attached hydrogens (tertiary/aromatic N) is 1. The summed E-state index contributed by atoms with van der Waals surface area (Å²) in [7, 11) is 0. The van der Waals surface area contributed by atoms with Crippen molar-refractivity contribution < 1.29 is 9.53 Å². The van der Waals surface area contributed by atoms with Crippen molar-refractivity contribution in [1.29, 1.82) is 0 Å². The molecule has 1 amide bonds. The second-order valence-corrected chi connectivity index (χ2v) is 4.66. The molecule has 2 aromatic rings. The average molecular weight is 257 g/mol. The van der Waals surface area contributed by atoms with Crippen LogP contribution in [0.25, 0.3) is 0 Å². The van der Waals surface area contributed by atoms with E-state index in [4.69, 9.17) is 4.74 Å². The molecule has 98 valence electrons. The first kappa shape index (κ1) is 11.8. The number of aromatic nitrogens is 2. The molecule has 1 aliphatic heterocycles. The number of hydrogen-bond acceptors (Lipinski definition) is 3. The van der Waals surface area contributed by atoms with Crippen molar-refractivity contribution in [1.82, 2.24) is 15.5 Å². The van der Waals surface area contributed by atoms with Crippen LogP contribution in [-0.4, -0.2) is 22.7 Å². The summed E-state index contributed by atoms with van der Waals surface area (Å²) in [6, 6.07) is 7.59. The topological polar surface area (TPSA) is 67.0 Å². The summed E-state index contributed by atoms with van der Waals surface area (Å²) in [4.78, 5) is 12.3. The summed E-state index contributed by atoms with van der Waals surface area (Å²) in [6.45, 7) is 2.34. The molecule has 5 heteroatoms. The Bertz CT molecular complexity index is 580. The summed E-state index contributed by atoms with van der Waals surface area (Å²) in [5.74, 6) is 0.558. The van der Waals surface area contributed by atoms with Crippen LogP contribution in [0.3, 0.4) is 0 Å². The molecule has 2 N–H and O–H groups in total. The molecular weight excluding hydrogens is 242 g/mol. The van der Waals surface area contributed by atoms with Crippen LogP contribution in [0.4, 0.5) is 0 Å². The van der Waals surface area contributed by atoms with Gasteiger partial charge < -0.3 is 10.1 Å². The molecule has 2 unspecified atom stereocenters. The van der Waals surface area contributed by atoms with Crippen molar-refractivity contribution in [2.75, 3.05) is 6.61 Å². The second kappa shape index (κ2) is 4.76. The monoisotopic (exact) mass is 257 g/mol. The molecule has 1 aromatic heterocycles. The fourth-order valence-corrected chi connectivity index (χ4v) is 2.27. The van der Waals surface area contributed by atoms with E-state index in [1.807, 2.05) is 31.2 Å². The number of carbonyl (C=O) groups excluding carboxylic acids is 1. The van der Waals surface area contributed by atoms with Crippen LogP contribution in [0.15, 0.2) is 36.7 Å². The van der Waals surface area contributed by atoms with E-state index in [1.54, 1.807) is 12.4 Å². The normalized spacial score (nSPS) is 18.5. The molecule has 19 heavy (non-hydrogen) atoms. The van der Waals surface area contributed by atoms with E-state index in [2.05, 4.69) is 15.5 Å². The van der Waals surface area contributed by atoms with Gasteiger partial charge in [0.15, 0.2) is 0 Å². The van der Waals surface area contributed by atoms with Crippen molar-refractivity contribution in [2.45, 2.75) is 18.9 Å². The highest BCUT2D eigenvalue weighted by molar-refractivity contribution is 5.85. The number of para-hydroxylation sites is 1. The van der Waals surface area contributed by atoms with Crippen molar-refractivity contribution in [2.24, 2.45) is 0 Å². The van der Waals surface area contributed by atoms with Gasteiger partial charge in [0.1, 0.15) is 18.3 Å². The molecule has 1 aromatic carbocycles. The lowest BCUT2D eigenvalue weighted by atomic mass is 10.00. The Morgan fingerprint density at radius 3 is 3.16 bits per heavy atom. The average Bonchev–Trinajstić information content (AvgIpc) is 3.08. The van der Waals surface area contributed by atoms with E-state index >= 15 is 0 Å². The third-order valence-corrected chi connectivity index (χ3v) is 3.39. The highest BCUT2D eigenvalue weighted by atomic mass is 16.5. The van der Waals surface area contributed by atoms with Crippen LogP contribution in [0.2, 0.25) is 0 Å². The van der Waals surface area contributed by atoms with Crippen molar-refractivity contribution in [3.05, 3.63) is 47.8 Å². The zero-order chi connectivity index (χ0) is 13.2.